The van der Waals surface area contributed by atoms with Crippen LogP contribution in [0.25, 0.3) is 11.3 Å². The number of halogens is 2. The molecule has 31 heavy (non-hydrogen) atoms. The number of rotatable bonds is 5. The Morgan fingerprint density at radius 1 is 1.03 bits per heavy atom. The van der Waals surface area contributed by atoms with Crippen LogP contribution in [0.5, 0.6) is 0 Å². The van der Waals surface area contributed by atoms with E-state index in [0.717, 1.165) is 11.9 Å². The first-order valence-corrected chi connectivity index (χ1v) is 9.46. The molecule has 1 amide bonds. The van der Waals surface area contributed by atoms with E-state index in [1.807, 2.05) is 0 Å². The van der Waals surface area contributed by atoms with Crippen LogP contribution in [0, 0.1) is 12.7 Å². The maximum absolute atomic E-state index is 13.6. The molecule has 0 spiro atoms. The van der Waals surface area contributed by atoms with Crippen molar-refractivity contribution >= 4 is 35.0 Å². The van der Waals surface area contributed by atoms with E-state index in [-0.39, 0.29) is 16.9 Å². The molecule has 0 saturated carbocycles. The summed E-state index contributed by atoms with van der Waals surface area (Å²) in [6.07, 6.45) is 8.49. The van der Waals surface area contributed by atoms with Crippen molar-refractivity contribution in [1.82, 2.24) is 24.9 Å². The van der Waals surface area contributed by atoms with E-state index in [1.165, 1.54) is 25.5 Å². The van der Waals surface area contributed by atoms with Crippen molar-refractivity contribution in [2.24, 2.45) is 0 Å². The summed E-state index contributed by atoms with van der Waals surface area (Å²) in [5.74, 6) is -0.431. The van der Waals surface area contributed by atoms with Crippen molar-refractivity contribution in [1.29, 1.82) is 0 Å². The molecule has 0 saturated heterocycles. The number of hydrogen-bond acceptors (Lipinski definition) is 7. The molecule has 2 N–H and O–H groups in total. The number of amides is 1. The van der Waals surface area contributed by atoms with Gasteiger partial charge in [-0.3, -0.25) is 14.8 Å². The minimum atomic E-state index is -0.557. The van der Waals surface area contributed by atoms with Gasteiger partial charge in [0.25, 0.3) is 5.91 Å². The van der Waals surface area contributed by atoms with Crippen LogP contribution in [0.4, 0.5) is 21.8 Å². The number of pyridine rings is 1. The third-order valence-corrected chi connectivity index (χ3v) is 4.69. The van der Waals surface area contributed by atoms with Gasteiger partial charge in [0.15, 0.2) is 5.82 Å². The standard InChI is InChI=1S/C21H15ClFN7O/c1-12-15(8-24-9-17(12)23)20(31)30-19-11-27-18(10-28-19)14-7-13(3-4-16(14)22)29-21-25-5-2-6-26-21/h2-11H,1H3,(H,25,26,29)(H,28,30,31). The normalized spacial score (nSPS) is 10.5. The highest BCUT2D eigenvalue weighted by molar-refractivity contribution is 6.33. The van der Waals surface area contributed by atoms with Gasteiger partial charge in [0.2, 0.25) is 5.95 Å². The average molecular weight is 436 g/mol. The van der Waals surface area contributed by atoms with E-state index in [9.17, 15) is 9.18 Å². The molecule has 4 rings (SSSR count). The van der Waals surface area contributed by atoms with Crippen LogP contribution < -0.4 is 10.6 Å². The highest BCUT2D eigenvalue weighted by Gasteiger charge is 2.14. The summed E-state index contributed by atoms with van der Waals surface area (Å²) in [6, 6.07) is 7.03. The zero-order valence-electron chi connectivity index (χ0n) is 16.2. The van der Waals surface area contributed by atoms with Crippen molar-refractivity contribution in [3.05, 3.63) is 83.4 Å². The number of carbonyl (C=O) groups is 1. The number of hydrogen-bond donors (Lipinski definition) is 2. The Balaban J connectivity index is 1.53. The van der Waals surface area contributed by atoms with Crippen LogP contribution in [-0.2, 0) is 0 Å². The summed E-state index contributed by atoms with van der Waals surface area (Å²) >= 11 is 6.33. The van der Waals surface area contributed by atoms with Gasteiger partial charge in [-0.05, 0) is 31.2 Å². The maximum atomic E-state index is 13.6. The Kier molecular flexibility index (Phi) is 5.76. The summed E-state index contributed by atoms with van der Waals surface area (Å²) in [6.45, 7) is 1.50. The van der Waals surface area contributed by atoms with Crippen LogP contribution in [0.2, 0.25) is 5.02 Å². The second-order valence-electron chi connectivity index (χ2n) is 6.43. The zero-order valence-corrected chi connectivity index (χ0v) is 16.9. The zero-order chi connectivity index (χ0) is 21.8. The Morgan fingerprint density at radius 2 is 1.84 bits per heavy atom. The molecule has 4 aromatic rings. The molecule has 0 bridgehead atoms. The fourth-order valence-electron chi connectivity index (χ4n) is 2.74. The SMILES string of the molecule is Cc1c(F)cncc1C(=O)Nc1cnc(-c2cc(Nc3ncccn3)ccc2Cl)cn1. The predicted molar refractivity (Wildman–Crippen MR) is 115 cm³/mol. The molecule has 0 atom stereocenters. The van der Waals surface area contributed by atoms with Crippen molar-refractivity contribution < 1.29 is 9.18 Å². The minimum absolute atomic E-state index is 0.121. The molecule has 8 nitrogen and oxygen atoms in total. The first-order valence-electron chi connectivity index (χ1n) is 9.09. The lowest BCUT2D eigenvalue weighted by Gasteiger charge is -2.10. The fraction of sp³-hybridized carbons (Fsp3) is 0.0476. The number of anilines is 3. The molecule has 0 aliphatic heterocycles. The predicted octanol–water partition coefficient (Wildman–Crippen LogP) is 4.43. The van der Waals surface area contributed by atoms with Gasteiger partial charge in [-0.2, -0.15) is 0 Å². The molecular formula is C21H15ClFN7O. The third-order valence-electron chi connectivity index (χ3n) is 4.36. The Morgan fingerprint density at radius 3 is 2.58 bits per heavy atom. The highest BCUT2D eigenvalue weighted by atomic mass is 35.5. The van der Waals surface area contributed by atoms with Gasteiger partial charge in [0, 0.05) is 35.4 Å². The lowest BCUT2D eigenvalue weighted by molar-refractivity contribution is 0.102. The smallest absolute Gasteiger partial charge is 0.258 e. The average Bonchev–Trinajstić information content (AvgIpc) is 2.78. The Hall–Kier alpha value is -3.98. The molecule has 3 aromatic heterocycles. The lowest BCUT2D eigenvalue weighted by atomic mass is 10.1. The number of nitrogens with zero attached hydrogens (tertiary/aromatic N) is 5. The molecule has 154 valence electrons. The highest BCUT2D eigenvalue weighted by Crippen LogP contribution is 2.30. The largest absolute Gasteiger partial charge is 0.324 e. The van der Waals surface area contributed by atoms with E-state index in [1.54, 1.807) is 36.7 Å². The molecular weight excluding hydrogens is 421 g/mol. The van der Waals surface area contributed by atoms with Crippen LogP contribution in [0.3, 0.4) is 0 Å². The van der Waals surface area contributed by atoms with Crippen molar-refractivity contribution in [2.75, 3.05) is 10.6 Å². The van der Waals surface area contributed by atoms with Crippen LogP contribution in [-0.4, -0.2) is 30.8 Å². The van der Waals surface area contributed by atoms with Gasteiger partial charge >= 0.3 is 0 Å². The van der Waals surface area contributed by atoms with E-state index < -0.39 is 11.7 Å². The second kappa shape index (κ2) is 8.80. The first-order chi connectivity index (χ1) is 15.0. The maximum Gasteiger partial charge on any atom is 0.258 e. The second-order valence-corrected chi connectivity index (χ2v) is 6.83. The molecule has 0 radical (unpaired) electrons. The molecule has 10 heteroatoms. The van der Waals surface area contributed by atoms with E-state index in [0.29, 0.717) is 22.2 Å². The van der Waals surface area contributed by atoms with Gasteiger partial charge in [0.1, 0.15) is 5.82 Å². The van der Waals surface area contributed by atoms with Crippen molar-refractivity contribution in [3.8, 4) is 11.3 Å². The van der Waals surface area contributed by atoms with Gasteiger partial charge in [-0.1, -0.05) is 11.6 Å². The summed E-state index contributed by atoms with van der Waals surface area (Å²) in [5.41, 5.74) is 2.19. The van der Waals surface area contributed by atoms with Crippen LogP contribution >= 0.6 is 11.6 Å². The summed E-state index contributed by atoms with van der Waals surface area (Å²) < 4.78 is 13.6. The van der Waals surface area contributed by atoms with Crippen molar-refractivity contribution in [3.63, 3.8) is 0 Å². The summed E-state index contributed by atoms with van der Waals surface area (Å²) in [4.78, 5) is 32.9. The van der Waals surface area contributed by atoms with Gasteiger partial charge in [-0.25, -0.2) is 19.3 Å². The number of benzene rings is 1. The quantitative estimate of drug-likeness (QED) is 0.477. The van der Waals surface area contributed by atoms with Crippen LogP contribution in [0.1, 0.15) is 15.9 Å². The number of nitrogens with one attached hydrogen (secondary N) is 2. The topological polar surface area (TPSA) is 106 Å². The third kappa shape index (κ3) is 4.62. The van der Waals surface area contributed by atoms with Crippen molar-refractivity contribution in [2.45, 2.75) is 6.92 Å². The Bertz CT molecular complexity index is 1240. The van der Waals surface area contributed by atoms with Gasteiger partial charge in [0.05, 0.1) is 34.9 Å². The summed E-state index contributed by atoms with van der Waals surface area (Å²) in [7, 11) is 0. The summed E-state index contributed by atoms with van der Waals surface area (Å²) in [5, 5.41) is 6.15. The van der Waals surface area contributed by atoms with Gasteiger partial charge < -0.3 is 10.6 Å². The molecule has 0 fully saturated rings. The first kappa shape index (κ1) is 20.3. The molecule has 0 aliphatic rings. The minimum Gasteiger partial charge on any atom is -0.324 e. The number of aromatic nitrogens is 5. The monoisotopic (exact) mass is 435 g/mol. The van der Waals surface area contributed by atoms with E-state index in [2.05, 4.69) is 35.6 Å². The van der Waals surface area contributed by atoms with Gasteiger partial charge in [-0.15, -0.1) is 0 Å². The lowest BCUT2D eigenvalue weighted by Crippen LogP contribution is -2.15. The van der Waals surface area contributed by atoms with E-state index in [4.69, 9.17) is 11.6 Å². The molecule has 1 aromatic carbocycles. The number of carbonyl (C=O) groups excluding carboxylic acids is 1. The molecule has 0 aliphatic carbocycles. The molecule has 0 unspecified atom stereocenters. The van der Waals surface area contributed by atoms with Crippen LogP contribution in [0.15, 0.2) is 61.4 Å². The molecule has 3 heterocycles. The fourth-order valence-corrected chi connectivity index (χ4v) is 2.95. The van der Waals surface area contributed by atoms with E-state index >= 15 is 0 Å². The Labute approximate surface area is 181 Å².